The molecule has 2 aliphatic rings. The predicted octanol–water partition coefficient (Wildman–Crippen LogP) is 3.55. The molecule has 1 saturated carbocycles. The van der Waals surface area contributed by atoms with E-state index in [-0.39, 0.29) is 5.91 Å². The second-order valence-corrected chi connectivity index (χ2v) is 7.03. The number of carbonyl (C=O) groups is 1. The minimum atomic E-state index is 0.200. The third-order valence-corrected chi connectivity index (χ3v) is 5.34. The van der Waals surface area contributed by atoms with Gasteiger partial charge in [-0.1, -0.05) is 35.2 Å². The molecule has 0 spiro atoms. The topological polar surface area (TPSA) is 38.3 Å². The third kappa shape index (κ3) is 5.42. The Hall–Kier alpha value is -0.0900. The number of rotatable bonds is 4. The summed E-state index contributed by atoms with van der Waals surface area (Å²) in [6.07, 6.45) is 11.5. The van der Waals surface area contributed by atoms with Gasteiger partial charge in [0.15, 0.2) is 0 Å². The van der Waals surface area contributed by atoms with E-state index in [1.165, 1.54) is 38.5 Å². The summed E-state index contributed by atoms with van der Waals surface area (Å²) < 4.78 is 5.67. The molecule has 1 saturated heterocycles. The summed E-state index contributed by atoms with van der Waals surface area (Å²) in [7, 11) is 0. The fourth-order valence-corrected chi connectivity index (χ4v) is 3.75. The first-order chi connectivity index (χ1) is 9.25. The molecule has 0 aromatic rings. The van der Waals surface area contributed by atoms with E-state index in [0.717, 1.165) is 25.9 Å². The maximum Gasteiger partial charge on any atom is 0.220 e. The lowest BCUT2D eigenvalue weighted by molar-refractivity contribution is -0.122. The van der Waals surface area contributed by atoms with E-state index >= 15 is 0 Å². The highest BCUT2D eigenvalue weighted by molar-refractivity contribution is 9.09. The summed E-state index contributed by atoms with van der Waals surface area (Å²) in [5.74, 6) is 0.200. The Morgan fingerprint density at radius 2 is 1.89 bits per heavy atom. The number of nitrogens with one attached hydrogen (secondary N) is 1. The largest absolute Gasteiger partial charge is 0.378 e. The summed E-state index contributed by atoms with van der Waals surface area (Å²) in [5, 5.41) is 3.21. The van der Waals surface area contributed by atoms with Crippen LogP contribution in [0.25, 0.3) is 0 Å². The molecule has 0 bridgehead atoms. The quantitative estimate of drug-likeness (QED) is 0.632. The van der Waals surface area contributed by atoms with Gasteiger partial charge in [0.25, 0.3) is 0 Å². The number of halogens is 1. The predicted molar refractivity (Wildman–Crippen MR) is 80.6 cm³/mol. The zero-order chi connectivity index (χ0) is 13.5. The van der Waals surface area contributed by atoms with Crippen LogP contribution in [0.1, 0.15) is 64.2 Å². The Labute approximate surface area is 125 Å². The van der Waals surface area contributed by atoms with Gasteiger partial charge in [-0.3, -0.25) is 4.79 Å². The normalized spacial score (nSPS) is 32.6. The van der Waals surface area contributed by atoms with Crippen LogP contribution >= 0.6 is 15.9 Å². The van der Waals surface area contributed by atoms with Gasteiger partial charge in [-0.05, 0) is 38.5 Å². The van der Waals surface area contributed by atoms with E-state index in [9.17, 15) is 4.79 Å². The number of amides is 1. The molecule has 2 rings (SSSR count). The van der Waals surface area contributed by atoms with Crippen molar-refractivity contribution in [1.29, 1.82) is 0 Å². The lowest BCUT2D eigenvalue weighted by Gasteiger charge is -2.24. The second kappa shape index (κ2) is 8.25. The standard InChI is InChI=1S/C15H26BrNO2/c16-13-7-2-1-3-8-14(13)17-15(18)10-9-12-6-4-5-11-19-12/h12-14H,1-11H2,(H,17,18). The molecule has 2 fully saturated rings. The van der Waals surface area contributed by atoms with Crippen molar-refractivity contribution in [2.45, 2.75) is 81.2 Å². The second-order valence-electron chi connectivity index (χ2n) is 5.86. The van der Waals surface area contributed by atoms with Crippen LogP contribution in [0.2, 0.25) is 0 Å². The molecule has 3 nitrogen and oxygen atoms in total. The number of carbonyl (C=O) groups excluding carboxylic acids is 1. The van der Waals surface area contributed by atoms with Crippen molar-refractivity contribution in [1.82, 2.24) is 5.32 Å². The Bertz CT molecular complexity index is 279. The molecule has 3 atom stereocenters. The summed E-state index contributed by atoms with van der Waals surface area (Å²) in [6, 6.07) is 0.322. The molecule has 1 aliphatic heterocycles. The minimum absolute atomic E-state index is 0.200. The molecular weight excluding hydrogens is 306 g/mol. The van der Waals surface area contributed by atoms with E-state index in [1.54, 1.807) is 0 Å². The van der Waals surface area contributed by atoms with Crippen molar-refractivity contribution >= 4 is 21.8 Å². The lowest BCUT2D eigenvalue weighted by atomic mass is 10.0. The van der Waals surface area contributed by atoms with Gasteiger partial charge in [-0.25, -0.2) is 0 Å². The Balaban J connectivity index is 1.67. The first-order valence-electron chi connectivity index (χ1n) is 7.81. The average Bonchev–Trinajstić information content (AvgIpc) is 2.63. The van der Waals surface area contributed by atoms with Crippen molar-refractivity contribution in [3.05, 3.63) is 0 Å². The third-order valence-electron chi connectivity index (χ3n) is 4.25. The molecule has 1 N–H and O–H groups in total. The highest BCUT2D eigenvalue weighted by atomic mass is 79.9. The van der Waals surface area contributed by atoms with Gasteiger partial charge in [0.2, 0.25) is 5.91 Å². The molecule has 3 unspecified atom stereocenters. The van der Waals surface area contributed by atoms with Crippen LogP contribution < -0.4 is 5.32 Å². The van der Waals surface area contributed by atoms with Gasteiger partial charge in [-0.15, -0.1) is 0 Å². The van der Waals surface area contributed by atoms with Crippen LogP contribution in [-0.4, -0.2) is 29.5 Å². The minimum Gasteiger partial charge on any atom is -0.378 e. The maximum atomic E-state index is 12.0. The van der Waals surface area contributed by atoms with E-state index in [2.05, 4.69) is 21.2 Å². The van der Waals surface area contributed by atoms with E-state index in [1.807, 2.05) is 0 Å². The summed E-state index contributed by atoms with van der Waals surface area (Å²) in [5.41, 5.74) is 0. The van der Waals surface area contributed by atoms with Crippen LogP contribution in [0.5, 0.6) is 0 Å². The Morgan fingerprint density at radius 1 is 1.11 bits per heavy atom. The van der Waals surface area contributed by atoms with Gasteiger partial charge >= 0.3 is 0 Å². The number of alkyl halides is 1. The van der Waals surface area contributed by atoms with Crippen LogP contribution in [0.15, 0.2) is 0 Å². The molecule has 4 heteroatoms. The van der Waals surface area contributed by atoms with Gasteiger partial charge in [0.05, 0.1) is 6.10 Å². The van der Waals surface area contributed by atoms with Crippen LogP contribution in [0.4, 0.5) is 0 Å². The Morgan fingerprint density at radius 3 is 2.68 bits per heavy atom. The highest BCUT2D eigenvalue weighted by Crippen LogP contribution is 2.24. The smallest absolute Gasteiger partial charge is 0.220 e. The van der Waals surface area contributed by atoms with Crippen LogP contribution in [-0.2, 0) is 9.53 Å². The average molecular weight is 332 g/mol. The monoisotopic (exact) mass is 331 g/mol. The van der Waals surface area contributed by atoms with Crippen molar-refractivity contribution in [2.75, 3.05) is 6.61 Å². The highest BCUT2D eigenvalue weighted by Gasteiger charge is 2.23. The van der Waals surface area contributed by atoms with Gasteiger partial charge in [0, 0.05) is 23.9 Å². The maximum absolute atomic E-state index is 12.0. The molecule has 1 aliphatic carbocycles. The van der Waals surface area contributed by atoms with E-state index in [4.69, 9.17) is 4.74 Å². The van der Waals surface area contributed by atoms with E-state index < -0.39 is 0 Å². The molecule has 1 amide bonds. The molecule has 0 radical (unpaired) electrons. The van der Waals surface area contributed by atoms with Crippen molar-refractivity contribution < 1.29 is 9.53 Å². The lowest BCUT2D eigenvalue weighted by Crippen LogP contribution is -2.40. The van der Waals surface area contributed by atoms with E-state index in [0.29, 0.717) is 23.4 Å². The SMILES string of the molecule is O=C(CCC1CCCCO1)NC1CCCCCC1Br. The number of ether oxygens (including phenoxy) is 1. The Kier molecular flexibility index (Phi) is 6.65. The summed E-state index contributed by atoms with van der Waals surface area (Å²) in [4.78, 5) is 12.5. The molecular formula is C15H26BrNO2. The first-order valence-corrected chi connectivity index (χ1v) is 8.72. The zero-order valence-corrected chi connectivity index (χ0v) is 13.3. The zero-order valence-electron chi connectivity index (χ0n) is 11.7. The van der Waals surface area contributed by atoms with Crippen LogP contribution in [0, 0.1) is 0 Å². The number of hydrogen-bond donors (Lipinski definition) is 1. The van der Waals surface area contributed by atoms with Crippen molar-refractivity contribution in [3.8, 4) is 0 Å². The fourth-order valence-electron chi connectivity index (χ4n) is 3.03. The van der Waals surface area contributed by atoms with Gasteiger partial charge in [-0.2, -0.15) is 0 Å². The molecule has 19 heavy (non-hydrogen) atoms. The summed E-state index contributed by atoms with van der Waals surface area (Å²) in [6.45, 7) is 0.873. The first kappa shape index (κ1) is 15.3. The van der Waals surface area contributed by atoms with Crippen LogP contribution in [0.3, 0.4) is 0 Å². The summed E-state index contributed by atoms with van der Waals surface area (Å²) >= 11 is 3.72. The van der Waals surface area contributed by atoms with Crippen molar-refractivity contribution in [3.63, 3.8) is 0 Å². The molecule has 110 valence electrons. The van der Waals surface area contributed by atoms with Gasteiger partial charge in [0.1, 0.15) is 0 Å². The fraction of sp³-hybridized carbons (Fsp3) is 0.933. The molecule has 0 aromatic heterocycles. The molecule has 0 aromatic carbocycles. The van der Waals surface area contributed by atoms with Crippen molar-refractivity contribution in [2.24, 2.45) is 0 Å². The number of hydrogen-bond acceptors (Lipinski definition) is 2. The van der Waals surface area contributed by atoms with Gasteiger partial charge < -0.3 is 10.1 Å². The molecule has 1 heterocycles.